The summed E-state index contributed by atoms with van der Waals surface area (Å²) in [4.78, 5) is 0. The van der Waals surface area contributed by atoms with Gasteiger partial charge in [-0.25, -0.2) is 0 Å². The third-order valence-corrected chi connectivity index (χ3v) is 1.31. The Morgan fingerprint density at radius 1 is 1.58 bits per heavy atom. The molecule has 1 aromatic heterocycles. The van der Waals surface area contributed by atoms with Gasteiger partial charge in [-0.1, -0.05) is 11.6 Å². The summed E-state index contributed by atoms with van der Waals surface area (Å²) in [6, 6.07) is 0. The predicted octanol–water partition coefficient (Wildman–Crippen LogP) is 1.82. The molecule has 7 heteroatoms. The van der Waals surface area contributed by atoms with Crippen LogP contribution in [0.15, 0.2) is 0 Å². The molecule has 0 fully saturated rings. The van der Waals surface area contributed by atoms with E-state index in [1.807, 2.05) is 6.20 Å². The van der Waals surface area contributed by atoms with Crippen LogP contribution in [-0.2, 0) is 6.30 Å². The second kappa shape index (κ2) is 2.85. The fourth-order valence-corrected chi connectivity index (χ4v) is 0.823. The fraction of sp³-hybridized carbons (Fsp3) is 0.400. The number of methoxy groups -OCH3 is 1. The van der Waals surface area contributed by atoms with E-state index in [2.05, 4.69) is 9.84 Å². The van der Waals surface area contributed by atoms with Crippen molar-refractivity contribution in [1.29, 1.82) is 0 Å². The molecule has 0 spiro atoms. The molecule has 0 bridgehead atoms. The van der Waals surface area contributed by atoms with Crippen molar-refractivity contribution in [2.75, 3.05) is 7.11 Å². The van der Waals surface area contributed by atoms with Crippen molar-refractivity contribution >= 4 is 11.6 Å². The van der Waals surface area contributed by atoms with Gasteiger partial charge in [0.05, 0.1) is 7.11 Å². The lowest BCUT2D eigenvalue weighted by molar-refractivity contribution is -0.214. The van der Waals surface area contributed by atoms with Crippen molar-refractivity contribution in [2.45, 2.75) is 6.30 Å². The molecule has 0 aliphatic heterocycles. The highest BCUT2D eigenvalue weighted by Gasteiger charge is 2.36. The molecule has 1 rings (SSSR count). The van der Waals surface area contributed by atoms with E-state index in [1.165, 1.54) is 0 Å². The first-order valence-corrected chi connectivity index (χ1v) is 3.12. The monoisotopic (exact) mass is 199 g/mol. The molecular weight excluding hydrogens is 197 g/mol. The first kappa shape index (κ1) is 9.18. The maximum Gasteiger partial charge on any atom is 0.507 e. The summed E-state index contributed by atoms with van der Waals surface area (Å²) in [7, 11) is 1.07. The molecule has 0 atom stereocenters. The summed E-state index contributed by atoms with van der Waals surface area (Å²) >= 11 is 5.29. The van der Waals surface area contributed by atoms with E-state index in [9.17, 15) is 13.2 Å². The number of aromatic nitrogens is 2. The van der Waals surface area contributed by atoms with Crippen LogP contribution in [0.25, 0.3) is 0 Å². The molecular formula is C5H3ClF3N2O. The Kier molecular flexibility index (Phi) is 2.18. The number of halogens is 4. The van der Waals surface area contributed by atoms with Gasteiger partial charge in [0.1, 0.15) is 11.2 Å². The fourth-order valence-electron chi connectivity index (χ4n) is 0.628. The Labute approximate surface area is 70.7 Å². The quantitative estimate of drug-likeness (QED) is 0.690. The summed E-state index contributed by atoms with van der Waals surface area (Å²) in [5.74, 6) is -0.566. The van der Waals surface area contributed by atoms with E-state index in [1.54, 1.807) is 0 Å². The third kappa shape index (κ3) is 1.47. The smallest absolute Gasteiger partial charge is 0.480 e. The van der Waals surface area contributed by atoms with Crippen LogP contribution < -0.4 is 4.74 Å². The van der Waals surface area contributed by atoms with Crippen LogP contribution in [0.3, 0.4) is 0 Å². The number of hydrogen-bond acceptors (Lipinski definition) is 2. The molecule has 3 nitrogen and oxygen atoms in total. The average molecular weight is 200 g/mol. The molecule has 0 amide bonds. The van der Waals surface area contributed by atoms with Crippen molar-refractivity contribution < 1.29 is 17.9 Å². The Hall–Kier alpha value is -0.910. The van der Waals surface area contributed by atoms with Gasteiger partial charge >= 0.3 is 6.30 Å². The highest BCUT2D eigenvalue weighted by Crippen LogP contribution is 2.31. The maximum absolute atomic E-state index is 12.0. The Morgan fingerprint density at radius 3 is 2.50 bits per heavy atom. The van der Waals surface area contributed by atoms with Crippen LogP contribution in [0.5, 0.6) is 5.88 Å². The Bertz CT molecular complexity index is 283. The van der Waals surface area contributed by atoms with Gasteiger partial charge in [0.2, 0.25) is 5.88 Å². The second-order valence-corrected chi connectivity index (χ2v) is 2.19. The summed E-state index contributed by atoms with van der Waals surface area (Å²) in [6.07, 6.45) is -2.70. The minimum atomic E-state index is -4.63. The number of rotatable bonds is 1. The first-order valence-electron chi connectivity index (χ1n) is 2.74. The molecule has 67 valence electrons. The van der Waals surface area contributed by atoms with E-state index in [0.29, 0.717) is 0 Å². The minimum absolute atomic E-state index is 0.296. The standard InChI is InChI=1S/C5H3ClF3N2O/c1-12-4-3(6)2-10-11(4)5(7,8)9/h1H3. The van der Waals surface area contributed by atoms with Gasteiger partial charge < -0.3 is 4.74 Å². The summed E-state index contributed by atoms with van der Waals surface area (Å²) in [5, 5.41) is 2.57. The van der Waals surface area contributed by atoms with Crippen LogP contribution >= 0.6 is 11.6 Å². The van der Waals surface area contributed by atoms with Crippen molar-refractivity contribution in [3.63, 3.8) is 0 Å². The number of ether oxygens (including phenoxy) is 1. The lowest BCUT2D eigenvalue weighted by Gasteiger charge is -2.08. The van der Waals surface area contributed by atoms with Crippen LogP contribution in [0.2, 0.25) is 5.02 Å². The Morgan fingerprint density at radius 2 is 2.17 bits per heavy atom. The predicted molar refractivity (Wildman–Crippen MR) is 33.9 cm³/mol. The molecule has 1 radical (unpaired) electrons. The van der Waals surface area contributed by atoms with E-state index in [4.69, 9.17) is 11.6 Å². The van der Waals surface area contributed by atoms with Crippen molar-refractivity contribution in [3.05, 3.63) is 11.2 Å². The van der Waals surface area contributed by atoms with E-state index in [0.717, 1.165) is 7.11 Å². The molecule has 1 aromatic rings. The molecule has 0 aromatic carbocycles. The molecule has 0 unspecified atom stereocenters. The van der Waals surface area contributed by atoms with Gasteiger partial charge in [0.15, 0.2) is 0 Å². The van der Waals surface area contributed by atoms with Gasteiger partial charge in [0.25, 0.3) is 0 Å². The molecule has 0 N–H and O–H groups in total. The van der Waals surface area contributed by atoms with E-state index in [-0.39, 0.29) is 9.70 Å². The highest BCUT2D eigenvalue weighted by atomic mass is 35.5. The van der Waals surface area contributed by atoms with Crippen molar-refractivity contribution in [3.8, 4) is 5.88 Å². The van der Waals surface area contributed by atoms with Gasteiger partial charge in [0, 0.05) is 0 Å². The van der Waals surface area contributed by atoms with Crippen LogP contribution in [-0.4, -0.2) is 16.9 Å². The summed E-state index contributed by atoms with van der Waals surface area (Å²) < 4.78 is 40.0. The van der Waals surface area contributed by atoms with Gasteiger partial charge in [-0.05, 0) is 0 Å². The minimum Gasteiger partial charge on any atom is -0.480 e. The largest absolute Gasteiger partial charge is 0.507 e. The molecule has 0 saturated heterocycles. The van der Waals surface area contributed by atoms with Crippen LogP contribution in [0.4, 0.5) is 13.2 Å². The van der Waals surface area contributed by atoms with E-state index < -0.39 is 12.2 Å². The molecule has 0 aliphatic carbocycles. The van der Waals surface area contributed by atoms with Gasteiger partial charge in [-0.2, -0.15) is 5.10 Å². The lowest BCUT2D eigenvalue weighted by Crippen LogP contribution is -2.18. The topological polar surface area (TPSA) is 27.1 Å². The molecule has 1 heterocycles. The number of nitrogens with zero attached hydrogens (tertiary/aromatic N) is 2. The zero-order valence-electron chi connectivity index (χ0n) is 5.81. The van der Waals surface area contributed by atoms with Crippen molar-refractivity contribution in [2.24, 2.45) is 0 Å². The van der Waals surface area contributed by atoms with Gasteiger partial charge in [-0.3, -0.25) is 0 Å². The zero-order chi connectivity index (χ0) is 9.35. The molecule has 0 aliphatic rings. The van der Waals surface area contributed by atoms with E-state index >= 15 is 0 Å². The van der Waals surface area contributed by atoms with Gasteiger partial charge in [-0.15, -0.1) is 17.9 Å². The second-order valence-electron chi connectivity index (χ2n) is 1.81. The highest BCUT2D eigenvalue weighted by molar-refractivity contribution is 6.31. The van der Waals surface area contributed by atoms with Crippen molar-refractivity contribution in [1.82, 2.24) is 9.78 Å². The number of hydrogen-bond donors (Lipinski definition) is 0. The summed E-state index contributed by atoms with van der Waals surface area (Å²) in [5.41, 5.74) is 0. The maximum atomic E-state index is 12.0. The Balaban J connectivity index is 3.16. The first-order chi connectivity index (χ1) is 5.46. The molecule has 12 heavy (non-hydrogen) atoms. The number of alkyl halides is 3. The normalized spacial score (nSPS) is 11.8. The molecule has 0 saturated carbocycles. The third-order valence-electron chi connectivity index (χ3n) is 1.06. The SMILES string of the molecule is COc1c(Cl)[c]nn1C(F)(F)F. The van der Waals surface area contributed by atoms with Crippen LogP contribution in [0.1, 0.15) is 0 Å². The average Bonchev–Trinajstić information content (AvgIpc) is 2.29. The van der Waals surface area contributed by atoms with Crippen LogP contribution in [0, 0.1) is 6.20 Å². The lowest BCUT2D eigenvalue weighted by atomic mass is 10.7. The zero-order valence-corrected chi connectivity index (χ0v) is 6.57. The summed E-state index contributed by atoms with van der Waals surface area (Å²) in [6.45, 7) is 0.